The van der Waals surface area contributed by atoms with Crippen LogP contribution in [0.25, 0.3) is 10.9 Å². The van der Waals surface area contributed by atoms with Gasteiger partial charge in [-0.1, -0.05) is 91.7 Å². The summed E-state index contributed by atoms with van der Waals surface area (Å²) in [4.78, 5) is 3.36. The maximum atomic E-state index is 9.04. The molecule has 0 bridgehead atoms. The van der Waals surface area contributed by atoms with Crippen LogP contribution in [-0.4, -0.2) is 61.0 Å². The average Bonchev–Trinajstić information content (AvgIpc) is 3.47. The maximum absolute atomic E-state index is 9.04. The molecule has 2 heterocycles. The fraction of sp³-hybridized carbons (Fsp3) is 0.444. The van der Waals surface area contributed by atoms with Gasteiger partial charge in [0.05, 0.1) is 32.0 Å². The highest BCUT2D eigenvalue weighted by atomic mass is 16.7. The molecule has 4 atom stereocenters. The van der Waals surface area contributed by atoms with E-state index in [0.29, 0.717) is 32.8 Å². The van der Waals surface area contributed by atoms with Crippen LogP contribution in [0.4, 0.5) is 0 Å². The number of rotatable bonds is 18. The second-order valence-corrected chi connectivity index (χ2v) is 11.3. The SMILES string of the molecule is OCCCCCCNC[C@H]1O[C@@H](OCCc2c[nH]c3ccccc23)[C@H](OCc2ccccc2)C[C@@H]1OCc1ccccc1. The minimum absolute atomic E-state index is 0.142. The van der Waals surface area contributed by atoms with Crippen LogP contribution in [0, 0.1) is 0 Å². The molecule has 0 radical (unpaired) electrons. The third-order valence-corrected chi connectivity index (χ3v) is 8.04. The number of aliphatic hydroxyl groups excluding tert-OH is 1. The number of H-pyrrole nitrogens is 1. The van der Waals surface area contributed by atoms with Gasteiger partial charge < -0.3 is 34.4 Å². The molecular formula is C36H46N2O5. The van der Waals surface area contributed by atoms with E-state index in [2.05, 4.69) is 59.0 Å². The molecule has 0 amide bonds. The molecule has 1 aliphatic heterocycles. The predicted octanol–water partition coefficient (Wildman–Crippen LogP) is 6.16. The van der Waals surface area contributed by atoms with Gasteiger partial charge >= 0.3 is 0 Å². The van der Waals surface area contributed by atoms with E-state index in [9.17, 15) is 0 Å². The van der Waals surface area contributed by atoms with Gasteiger partial charge in [0.15, 0.2) is 6.29 Å². The number of para-hydroxylation sites is 1. The van der Waals surface area contributed by atoms with Crippen molar-refractivity contribution in [1.29, 1.82) is 0 Å². The molecule has 1 aliphatic rings. The van der Waals surface area contributed by atoms with Gasteiger partial charge in [-0.05, 0) is 48.6 Å². The van der Waals surface area contributed by atoms with E-state index in [1.807, 2.05) is 42.5 Å². The maximum Gasteiger partial charge on any atom is 0.184 e. The predicted molar refractivity (Wildman–Crippen MR) is 170 cm³/mol. The standard InChI is InChI=1S/C36H46N2O5/c39-21-12-2-1-11-20-37-25-35-33(41-26-28-13-5-3-6-14-28)23-34(42-27-29-15-7-4-8-16-29)36(43-35)40-22-19-30-24-38-32-18-10-9-17-31(30)32/h3-10,13-18,24,33-39H,1-2,11-12,19-23,25-27H2/t33-,34+,35+,36+/m0/s1. The van der Waals surface area contributed by atoms with Crippen molar-refractivity contribution in [1.82, 2.24) is 10.3 Å². The normalized spacial score (nSPS) is 20.5. The minimum Gasteiger partial charge on any atom is -0.396 e. The van der Waals surface area contributed by atoms with Gasteiger partial charge in [0.25, 0.3) is 0 Å². The van der Waals surface area contributed by atoms with E-state index < -0.39 is 6.29 Å². The van der Waals surface area contributed by atoms with Crippen LogP contribution in [0.15, 0.2) is 91.1 Å². The highest BCUT2D eigenvalue weighted by Gasteiger charge is 2.40. The Bertz CT molecular complexity index is 1310. The summed E-state index contributed by atoms with van der Waals surface area (Å²) in [5.74, 6) is 0. The highest BCUT2D eigenvalue weighted by Crippen LogP contribution is 2.28. The first-order valence-electron chi connectivity index (χ1n) is 15.7. The lowest BCUT2D eigenvalue weighted by Crippen LogP contribution is -2.53. The fourth-order valence-electron chi connectivity index (χ4n) is 5.63. The Labute approximate surface area is 255 Å². The average molecular weight is 587 g/mol. The highest BCUT2D eigenvalue weighted by molar-refractivity contribution is 5.83. The summed E-state index contributed by atoms with van der Waals surface area (Å²) in [6.45, 7) is 3.37. The molecule has 3 N–H and O–H groups in total. The van der Waals surface area contributed by atoms with Crippen LogP contribution >= 0.6 is 0 Å². The van der Waals surface area contributed by atoms with E-state index in [0.717, 1.165) is 55.3 Å². The second-order valence-electron chi connectivity index (χ2n) is 11.3. The molecule has 4 aromatic rings. The van der Waals surface area contributed by atoms with Crippen LogP contribution < -0.4 is 5.32 Å². The van der Waals surface area contributed by atoms with Gasteiger partial charge in [-0.3, -0.25) is 0 Å². The number of fused-ring (bicyclic) bond motifs is 1. The lowest BCUT2D eigenvalue weighted by atomic mass is 10.0. The number of ether oxygens (including phenoxy) is 4. The Morgan fingerprint density at radius 2 is 1.44 bits per heavy atom. The Kier molecular flexibility index (Phi) is 12.6. The van der Waals surface area contributed by atoms with Gasteiger partial charge in [-0.2, -0.15) is 0 Å². The molecule has 1 saturated heterocycles. The van der Waals surface area contributed by atoms with Crippen molar-refractivity contribution < 1.29 is 24.1 Å². The van der Waals surface area contributed by atoms with Gasteiger partial charge in [-0.25, -0.2) is 0 Å². The smallest absolute Gasteiger partial charge is 0.184 e. The third kappa shape index (κ3) is 9.73. The van der Waals surface area contributed by atoms with E-state index >= 15 is 0 Å². The summed E-state index contributed by atoms with van der Waals surface area (Å²) in [6.07, 6.45) is 6.53. The summed E-state index contributed by atoms with van der Waals surface area (Å²) in [7, 11) is 0. The van der Waals surface area contributed by atoms with Crippen molar-refractivity contribution in [3.8, 4) is 0 Å². The fourth-order valence-corrected chi connectivity index (χ4v) is 5.63. The van der Waals surface area contributed by atoms with Crippen molar-refractivity contribution >= 4 is 10.9 Å². The van der Waals surface area contributed by atoms with E-state index in [-0.39, 0.29) is 24.9 Å². The number of hydrogen-bond acceptors (Lipinski definition) is 6. The molecule has 7 nitrogen and oxygen atoms in total. The Morgan fingerprint density at radius 1 is 0.767 bits per heavy atom. The van der Waals surface area contributed by atoms with Gasteiger partial charge in [0.2, 0.25) is 0 Å². The van der Waals surface area contributed by atoms with Crippen molar-refractivity contribution in [2.45, 2.75) is 76.3 Å². The van der Waals surface area contributed by atoms with E-state index in [1.54, 1.807) is 0 Å². The molecular weight excluding hydrogens is 540 g/mol. The van der Waals surface area contributed by atoms with Crippen LogP contribution in [-0.2, 0) is 38.6 Å². The number of hydrogen-bond donors (Lipinski definition) is 3. The Hall–Kier alpha value is -3.04. The molecule has 0 aliphatic carbocycles. The zero-order valence-corrected chi connectivity index (χ0v) is 25.0. The largest absolute Gasteiger partial charge is 0.396 e. The third-order valence-electron chi connectivity index (χ3n) is 8.04. The van der Waals surface area contributed by atoms with Crippen LogP contribution in [0.1, 0.15) is 48.8 Å². The summed E-state index contributed by atoms with van der Waals surface area (Å²) >= 11 is 0. The summed E-state index contributed by atoms with van der Waals surface area (Å²) in [5.41, 5.74) is 4.62. The number of aromatic amines is 1. The molecule has 1 aromatic heterocycles. The van der Waals surface area contributed by atoms with Crippen molar-refractivity contribution in [2.75, 3.05) is 26.3 Å². The zero-order valence-electron chi connectivity index (χ0n) is 25.0. The van der Waals surface area contributed by atoms with E-state index in [1.165, 1.54) is 10.9 Å². The molecule has 0 saturated carbocycles. The first-order chi connectivity index (χ1) is 21.3. The lowest BCUT2D eigenvalue weighted by Gasteiger charge is -2.41. The molecule has 3 aromatic carbocycles. The topological polar surface area (TPSA) is 85.0 Å². The van der Waals surface area contributed by atoms with Crippen LogP contribution in [0.3, 0.4) is 0 Å². The van der Waals surface area contributed by atoms with Crippen molar-refractivity contribution in [3.05, 3.63) is 108 Å². The van der Waals surface area contributed by atoms with Gasteiger partial charge in [-0.15, -0.1) is 0 Å². The summed E-state index contributed by atoms with van der Waals surface area (Å²) < 4.78 is 26.1. The van der Waals surface area contributed by atoms with Gasteiger partial charge in [0, 0.05) is 36.7 Å². The summed E-state index contributed by atoms with van der Waals surface area (Å²) in [6, 6.07) is 28.8. The molecule has 5 rings (SSSR count). The minimum atomic E-state index is -0.498. The van der Waals surface area contributed by atoms with Crippen LogP contribution in [0.2, 0.25) is 0 Å². The molecule has 0 spiro atoms. The van der Waals surface area contributed by atoms with Crippen LogP contribution in [0.5, 0.6) is 0 Å². The Morgan fingerprint density at radius 3 is 2.19 bits per heavy atom. The summed E-state index contributed by atoms with van der Waals surface area (Å²) in [5, 5.41) is 13.9. The Balaban J connectivity index is 1.24. The first kappa shape index (κ1) is 31.4. The quantitative estimate of drug-likeness (QED) is 0.121. The van der Waals surface area contributed by atoms with Gasteiger partial charge in [0.1, 0.15) is 6.10 Å². The molecule has 0 unspecified atom stereocenters. The number of nitrogens with one attached hydrogen (secondary N) is 2. The second kappa shape index (κ2) is 17.3. The zero-order chi connectivity index (χ0) is 29.5. The molecule has 7 heteroatoms. The van der Waals surface area contributed by atoms with E-state index in [4.69, 9.17) is 24.1 Å². The first-order valence-corrected chi connectivity index (χ1v) is 15.7. The van der Waals surface area contributed by atoms with Crippen molar-refractivity contribution in [3.63, 3.8) is 0 Å². The number of aromatic nitrogens is 1. The monoisotopic (exact) mass is 586 g/mol. The number of benzene rings is 3. The number of unbranched alkanes of at least 4 members (excludes halogenated alkanes) is 3. The lowest BCUT2D eigenvalue weighted by molar-refractivity contribution is -0.281. The molecule has 230 valence electrons. The van der Waals surface area contributed by atoms with Crippen molar-refractivity contribution in [2.24, 2.45) is 0 Å². The molecule has 1 fully saturated rings. The molecule has 43 heavy (non-hydrogen) atoms. The number of aliphatic hydroxyl groups is 1.